The molecule has 15 heavy (non-hydrogen) atoms. The fourth-order valence-corrected chi connectivity index (χ4v) is 1.98. The summed E-state index contributed by atoms with van der Waals surface area (Å²) in [4.78, 5) is 4.39. The Bertz CT molecular complexity index is 548. The van der Waals surface area contributed by atoms with Crippen LogP contribution in [0.4, 0.5) is 0 Å². The maximum absolute atomic E-state index is 9.10. The molecule has 2 rings (SSSR count). The molecule has 4 heteroatoms. The second-order valence-electron chi connectivity index (χ2n) is 3.92. The summed E-state index contributed by atoms with van der Waals surface area (Å²) in [5, 5.41) is 9.10. The van der Waals surface area contributed by atoms with Crippen molar-refractivity contribution in [3.05, 3.63) is 34.8 Å². The number of nitrogens with zero attached hydrogens (tertiary/aromatic N) is 3. The van der Waals surface area contributed by atoms with Crippen molar-refractivity contribution in [2.45, 2.75) is 19.3 Å². The van der Waals surface area contributed by atoms with Crippen LogP contribution < -0.4 is 0 Å². The van der Waals surface area contributed by atoms with Crippen LogP contribution in [0.5, 0.6) is 0 Å². The zero-order valence-corrected chi connectivity index (χ0v) is 10.1. The van der Waals surface area contributed by atoms with E-state index in [1.807, 2.05) is 42.6 Å². The van der Waals surface area contributed by atoms with Crippen LogP contribution in [0.15, 0.2) is 29.0 Å². The lowest BCUT2D eigenvalue weighted by Crippen LogP contribution is -2.18. The van der Waals surface area contributed by atoms with E-state index in [0.29, 0.717) is 0 Å². The summed E-state index contributed by atoms with van der Waals surface area (Å²) >= 11 is 3.40. The van der Waals surface area contributed by atoms with Gasteiger partial charge in [-0.2, -0.15) is 5.26 Å². The summed E-state index contributed by atoms with van der Waals surface area (Å²) in [7, 11) is 0. The second kappa shape index (κ2) is 3.35. The smallest absolute Gasteiger partial charge is 0.134 e. The minimum Gasteiger partial charge on any atom is -0.301 e. The van der Waals surface area contributed by atoms with E-state index in [2.05, 4.69) is 27.0 Å². The molecule has 0 saturated carbocycles. The van der Waals surface area contributed by atoms with Crippen LogP contribution >= 0.6 is 15.9 Å². The predicted molar refractivity (Wildman–Crippen MR) is 61.5 cm³/mol. The Kier molecular flexibility index (Phi) is 2.28. The van der Waals surface area contributed by atoms with Crippen LogP contribution in [-0.4, -0.2) is 9.38 Å². The van der Waals surface area contributed by atoms with E-state index in [-0.39, 0.29) is 0 Å². The third-order valence-electron chi connectivity index (χ3n) is 2.34. The summed E-state index contributed by atoms with van der Waals surface area (Å²) in [6, 6.07) is 8.10. The Hall–Kier alpha value is -1.34. The number of fused-ring (bicyclic) bond motifs is 1. The minimum absolute atomic E-state index is 0.587. The normalized spacial score (nSPS) is 11.6. The molecule has 0 fully saturated rings. The topological polar surface area (TPSA) is 41.1 Å². The molecule has 2 heterocycles. The molecule has 0 radical (unpaired) electrons. The Labute approximate surface area is 96.5 Å². The summed E-state index contributed by atoms with van der Waals surface area (Å²) in [6.07, 6.45) is 1.92. The first-order valence-corrected chi connectivity index (χ1v) is 5.40. The average Bonchev–Trinajstić information content (AvgIpc) is 2.58. The van der Waals surface area contributed by atoms with E-state index >= 15 is 0 Å². The molecular formula is C11H10BrN3. The molecule has 0 spiro atoms. The molecular weight excluding hydrogens is 254 g/mol. The maximum atomic E-state index is 9.10. The van der Waals surface area contributed by atoms with Crippen molar-refractivity contribution in [1.29, 1.82) is 5.26 Å². The molecule has 0 aliphatic rings. The number of hydrogen-bond donors (Lipinski definition) is 0. The summed E-state index contributed by atoms with van der Waals surface area (Å²) in [5.41, 5.74) is 0.395. The number of imidazole rings is 1. The van der Waals surface area contributed by atoms with E-state index in [1.165, 1.54) is 0 Å². The molecule has 2 aromatic heterocycles. The van der Waals surface area contributed by atoms with Gasteiger partial charge in [0.15, 0.2) is 0 Å². The van der Waals surface area contributed by atoms with Gasteiger partial charge in [0, 0.05) is 6.20 Å². The Morgan fingerprint density at radius 1 is 1.47 bits per heavy atom. The van der Waals surface area contributed by atoms with Gasteiger partial charge in [-0.25, -0.2) is 4.98 Å². The molecule has 0 aliphatic heterocycles. The first-order valence-electron chi connectivity index (χ1n) is 4.60. The molecule has 0 unspecified atom stereocenters. The van der Waals surface area contributed by atoms with Crippen LogP contribution in [0.3, 0.4) is 0 Å². The Balaban J connectivity index is 2.80. The van der Waals surface area contributed by atoms with Gasteiger partial charge in [-0.1, -0.05) is 6.07 Å². The third-order valence-corrected chi connectivity index (χ3v) is 2.93. The zero-order chi connectivity index (χ0) is 11.1. The lowest BCUT2D eigenvalue weighted by Gasteiger charge is -2.13. The second-order valence-corrected chi connectivity index (χ2v) is 4.67. The van der Waals surface area contributed by atoms with Crippen molar-refractivity contribution in [3.8, 4) is 6.07 Å². The minimum atomic E-state index is -0.587. The van der Waals surface area contributed by atoms with Crippen molar-refractivity contribution in [1.82, 2.24) is 9.38 Å². The van der Waals surface area contributed by atoms with Crippen molar-refractivity contribution < 1.29 is 0 Å². The van der Waals surface area contributed by atoms with E-state index in [0.717, 1.165) is 15.9 Å². The number of aromatic nitrogens is 2. The van der Waals surface area contributed by atoms with Gasteiger partial charge in [0.05, 0.1) is 11.6 Å². The molecule has 2 aromatic rings. The molecule has 0 aromatic carbocycles. The van der Waals surface area contributed by atoms with Crippen LogP contribution in [0, 0.1) is 11.3 Å². The standard InChI is InChI=1S/C11H10BrN3/c1-11(2,7-13)10-14-9(12)8-5-3-4-6-15(8)10/h3-6H,1-2H3. The molecule has 0 amide bonds. The SMILES string of the molecule is CC(C)(C#N)c1nc(Br)c2ccccn12. The lowest BCUT2D eigenvalue weighted by atomic mass is 9.95. The number of pyridine rings is 1. The van der Waals surface area contributed by atoms with Gasteiger partial charge in [-0.05, 0) is 41.9 Å². The lowest BCUT2D eigenvalue weighted by molar-refractivity contribution is 0.625. The largest absolute Gasteiger partial charge is 0.301 e. The third kappa shape index (κ3) is 1.53. The highest BCUT2D eigenvalue weighted by Gasteiger charge is 2.26. The van der Waals surface area contributed by atoms with Crippen LogP contribution in [0.25, 0.3) is 5.52 Å². The Morgan fingerprint density at radius 3 is 2.87 bits per heavy atom. The van der Waals surface area contributed by atoms with Crippen LogP contribution in [-0.2, 0) is 5.41 Å². The van der Waals surface area contributed by atoms with Gasteiger partial charge in [-0.3, -0.25) is 0 Å². The number of nitriles is 1. The molecule has 0 atom stereocenters. The highest BCUT2D eigenvalue weighted by atomic mass is 79.9. The van der Waals surface area contributed by atoms with E-state index < -0.39 is 5.41 Å². The molecule has 76 valence electrons. The molecule has 0 N–H and O–H groups in total. The first-order chi connectivity index (χ1) is 7.06. The van der Waals surface area contributed by atoms with E-state index in [4.69, 9.17) is 5.26 Å². The molecule has 3 nitrogen and oxygen atoms in total. The van der Waals surface area contributed by atoms with Gasteiger partial charge in [0.2, 0.25) is 0 Å². The van der Waals surface area contributed by atoms with Gasteiger partial charge in [0.1, 0.15) is 15.8 Å². The number of halogens is 1. The number of hydrogen-bond acceptors (Lipinski definition) is 2. The monoisotopic (exact) mass is 263 g/mol. The molecule has 0 saturated heterocycles. The van der Waals surface area contributed by atoms with E-state index in [9.17, 15) is 0 Å². The maximum Gasteiger partial charge on any atom is 0.134 e. The van der Waals surface area contributed by atoms with Gasteiger partial charge in [-0.15, -0.1) is 0 Å². The van der Waals surface area contributed by atoms with Gasteiger partial charge in [0.25, 0.3) is 0 Å². The predicted octanol–water partition coefficient (Wildman–Crippen LogP) is 2.90. The summed E-state index contributed by atoms with van der Waals surface area (Å²) < 4.78 is 2.72. The van der Waals surface area contributed by atoms with Crippen molar-refractivity contribution in [2.75, 3.05) is 0 Å². The summed E-state index contributed by atoms with van der Waals surface area (Å²) in [6.45, 7) is 3.72. The fourth-order valence-electron chi connectivity index (χ4n) is 1.49. The molecule has 0 bridgehead atoms. The fraction of sp³-hybridized carbons (Fsp3) is 0.273. The van der Waals surface area contributed by atoms with Crippen molar-refractivity contribution in [3.63, 3.8) is 0 Å². The van der Waals surface area contributed by atoms with Gasteiger partial charge >= 0.3 is 0 Å². The van der Waals surface area contributed by atoms with Crippen LogP contribution in [0.2, 0.25) is 0 Å². The highest BCUT2D eigenvalue weighted by Crippen LogP contribution is 2.26. The quantitative estimate of drug-likeness (QED) is 0.794. The average molecular weight is 264 g/mol. The Morgan fingerprint density at radius 2 is 2.20 bits per heavy atom. The highest BCUT2D eigenvalue weighted by molar-refractivity contribution is 9.10. The summed E-state index contributed by atoms with van der Waals surface area (Å²) in [5.74, 6) is 0.757. The molecule has 0 aliphatic carbocycles. The van der Waals surface area contributed by atoms with Crippen LogP contribution in [0.1, 0.15) is 19.7 Å². The first kappa shape index (κ1) is 10.2. The van der Waals surface area contributed by atoms with Crippen molar-refractivity contribution in [2.24, 2.45) is 0 Å². The van der Waals surface area contributed by atoms with E-state index in [1.54, 1.807) is 0 Å². The zero-order valence-electron chi connectivity index (χ0n) is 8.53. The van der Waals surface area contributed by atoms with Crippen molar-refractivity contribution >= 4 is 21.4 Å². The number of rotatable bonds is 1. The van der Waals surface area contributed by atoms with Gasteiger partial charge < -0.3 is 4.40 Å².